The van der Waals surface area contributed by atoms with Gasteiger partial charge in [0.2, 0.25) is 5.91 Å². The summed E-state index contributed by atoms with van der Waals surface area (Å²) in [5.41, 5.74) is 3.14. The van der Waals surface area contributed by atoms with E-state index in [9.17, 15) is 4.79 Å². The van der Waals surface area contributed by atoms with Gasteiger partial charge in [0, 0.05) is 12.1 Å². The van der Waals surface area contributed by atoms with Gasteiger partial charge in [0.15, 0.2) is 5.16 Å². The summed E-state index contributed by atoms with van der Waals surface area (Å²) in [6.07, 6.45) is 0.632. The van der Waals surface area contributed by atoms with Gasteiger partial charge in [-0.25, -0.2) is 0 Å². The first-order valence-corrected chi connectivity index (χ1v) is 12.7. The van der Waals surface area contributed by atoms with Crippen LogP contribution in [0.2, 0.25) is 0 Å². The van der Waals surface area contributed by atoms with Crippen LogP contribution in [-0.2, 0) is 11.2 Å². The number of rotatable bonds is 10. The molecule has 0 aliphatic rings. The number of thioether (sulfide) groups is 1. The fraction of sp³-hybridized carbons (Fsp3) is 0.250. The minimum Gasteiger partial charge on any atom is -0.494 e. The number of amides is 1. The zero-order valence-corrected chi connectivity index (χ0v) is 21.0. The van der Waals surface area contributed by atoms with Crippen molar-refractivity contribution in [3.05, 3.63) is 102 Å². The lowest BCUT2D eigenvalue weighted by Gasteiger charge is -2.18. The Labute approximate surface area is 210 Å². The van der Waals surface area contributed by atoms with Gasteiger partial charge in [0.25, 0.3) is 0 Å². The van der Waals surface area contributed by atoms with Gasteiger partial charge < -0.3 is 10.1 Å². The highest BCUT2D eigenvalue weighted by molar-refractivity contribution is 8.00. The summed E-state index contributed by atoms with van der Waals surface area (Å²) in [5.74, 6) is 1.58. The Balaban J connectivity index is 1.57. The number of nitrogens with zero attached hydrogens (tertiary/aromatic N) is 3. The van der Waals surface area contributed by atoms with Gasteiger partial charge in [-0.05, 0) is 56.2 Å². The number of ether oxygens (including phenoxy) is 1. The topological polar surface area (TPSA) is 69.0 Å². The molecule has 1 N–H and O–H groups in total. The van der Waals surface area contributed by atoms with Crippen LogP contribution in [0.3, 0.4) is 0 Å². The zero-order valence-electron chi connectivity index (χ0n) is 20.2. The molecule has 0 saturated heterocycles. The van der Waals surface area contributed by atoms with Crippen LogP contribution in [0.25, 0.3) is 5.69 Å². The first-order chi connectivity index (χ1) is 17.0. The van der Waals surface area contributed by atoms with E-state index in [1.54, 1.807) is 0 Å². The maximum Gasteiger partial charge on any atom is 0.233 e. The van der Waals surface area contributed by atoms with E-state index < -0.39 is 0 Å². The van der Waals surface area contributed by atoms with Crippen molar-refractivity contribution in [3.8, 4) is 11.4 Å². The normalized spacial score (nSPS) is 12.7. The third kappa shape index (κ3) is 6.31. The number of carbonyl (C=O) groups is 1. The van der Waals surface area contributed by atoms with Crippen molar-refractivity contribution in [2.45, 2.75) is 43.6 Å². The van der Waals surface area contributed by atoms with Crippen LogP contribution in [0.5, 0.6) is 5.75 Å². The molecule has 180 valence electrons. The van der Waals surface area contributed by atoms with Gasteiger partial charge in [0.05, 0.1) is 17.9 Å². The Bertz CT molecular complexity index is 1230. The Kier molecular flexibility index (Phi) is 8.21. The van der Waals surface area contributed by atoms with Crippen LogP contribution in [0.1, 0.15) is 43.8 Å². The highest BCUT2D eigenvalue weighted by Gasteiger charge is 2.22. The number of hydrogen-bond donors (Lipinski definition) is 1. The van der Waals surface area contributed by atoms with Crippen LogP contribution in [-0.4, -0.2) is 32.5 Å². The molecule has 2 unspecified atom stereocenters. The quantitative estimate of drug-likeness (QED) is 0.295. The van der Waals surface area contributed by atoms with Gasteiger partial charge >= 0.3 is 0 Å². The molecule has 0 saturated carbocycles. The lowest BCUT2D eigenvalue weighted by molar-refractivity contribution is -0.120. The minimum absolute atomic E-state index is 0.0443. The summed E-state index contributed by atoms with van der Waals surface area (Å²) in [6.45, 7) is 6.46. The zero-order chi connectivity index (χ0) is 24.6. The molecule has 4 rings (SSSR count). The molecular weight excluding hydrogens is 456 g/mol. The van der Waals surface area contributed by atoms with Crippen LogP contribution in [0.15, 0.2) is 90.1 Å². The molecular formula is C28H30N4O2S. The summed E-state index contributed by atoms with van der Waals surface area (Å²) in [7, 11) is 0. The second kappa shape index (κ2) is 11.7. The predicted molar refractivity (Wildman–Crippen MR) is 140 cm³/mol. The van der Waals surface area contributed by atoms with Crippen LogP contribution >= 0.6 is 11.8 Å². The average Bonchev–Trinajstić information content (AvgIpc) is 3.27. The molecule has 7 heteroatoms. The molecule has 1 aromatic heterocycles. The van der Waals surface area contributed by atoms with Crippen molar-refractivity contribution < 1.29 is 9.53 Å². The smallest absolute Gasteiger partial charge is 0.233 e. The fourth-order valence-electron chi connectivity index (χ4n) is 3.75. The number of aromatic nitrogens is 3. The van der Waals surface area contributed by atoms with E-state index in [1.807, 2.05) is 98.1 Å². The van der Waals surface area contributed by atoms with Crippen molar-refractivity contribution in [3.63, 3.8) is 0 Å². The second-order valence-corrected chi connectivity index (χ2v) is 9.53. The van der Waals surface area contributed by atoms with Crippen molar-refractivity contribution >= 4 is 17.7 Å². The van der Waals surface area contributed by atoms with Crippen molar-refractivity contribution in [2.75, 3.05) is 6.61 Å². The second-order valence-electron chi connectivity index (χ2n) is 8.22. The largest absolute Gasteiger partial charge is 0.494 e. The third-order valence-electron chi connectivity index (χ3n) is 5.62. The molecule has 1 amide bonds. The van der Waals surface area contributed by atoms with Crippen LogP contribution in [0.4, 0.5) is 0 Å². The molecule has 0 radical (unpaired) electrons. The van der Waals surface area contributed by atoms with E-state index in [2.05, 4.69) is 27.6 Å². The highest BCUT2D eigenvalue weighted by Crippen LogP contribution is 2.28. The fourth-order valence-corrected chi connectivity index (χ4v) is 4.65. The summed E-state index contributed by atoms with van der Waals surface area (Å²) in [6, 6.07) is 27.9. The molecule has 6 nitrogen and oxygen atoms in total. The van der Waals surface area contributed by atoms with Crippen molar-refractivity contribution in [2.24, 2.45) is 0 Å². The molecule has 35 heavy (non-hydrogen) atoms. The summed E-state index contributed by atoms with van der Waals surface area (Å²) < 4.78 is 7.63. The van der Waals surface area contributed by atoms with E-state index >= 15 is 0 Å². The Morgan fingerprint density at radius 1 is 0.943 bits per heavy atom. The molecule has 4 aromatic rings. The predicted octanol–water partition coefficient (Wildman–Crippen LogP) is 5.61. The number of carbonyl (C=O) groups excluding carboxylic acids is 1. The number of nitrogens with one attached hydrogen (secondary N) is 1. The Morgan fingerprint density at radius 3 is 2.26 bits per heavy atom. The van der Waals surface area contributed by atoms with Crippen molar-refractivity contribution in [1.29, 1.82) is 0 Å². The molecule has 0 spiro atoms. The van der Waals surface area contributed by atoms with Gasteiger partial charge in [-0.1, -0.05) is 72.4 Å². The average molecular weight is 487 g/mol. The van der Waals surface area contributed by atoms with E-state index in [1.165, 1.54) is 11.8 Å². The SMILES string of the molecule is CCOc1ccc(-n2c(Cc3ccccc3)nnc2SC(C)C(=O)NC(C)c2ccccc2)cc1. The first-order valence-electron chi connectivity index (χ1n) is 11.8. The monoisotopic (exact) mass is 486 g/mol. The number of hydrogen-bond acceptors (Lipinski definition) is 5. The summed E-state index contributed by atoms with van der Waals surface area (Å²) >= 11 is 1.40. The van der Waals surface area contributed by atoms with E-state index in [0.717, 1.165) is 28.4 Å². The van der Waals surface area contributed by atoms with Gasteiger partial charge in [-0.3, -0.25) is 9.36 Å². The van der Waals surface area contributed by atoms with Gasteiger partial charge in [-0.15, -0.1) is 10.2 Å². The maximum atomic E-state index is 13.0. The number of benzene rings is 3. The lowest BCUT2D eigenvalue weighted by Crippen LogP contribution is -2.33. The van der Waals surface area contributed by atoms with E-state index in [-0.39, 0.29) is 17.2 Å². The maximum absolute atomic E-state index is 13.0. The highest BCUT2D eigenvalue weighted by atomic mass is 32.2. The van der Waals surface area contributed by atoms with Gasteiger partial charge in [0.1, 0.15) is 11.6 Å². The van der Waals surface area contributed by atoms with E-state index in [4.69, 9.17) is 4.74 Å². The molecule has 0 bridgehead atoms. The van der Waals surface area contributed by atoms with Crippen molar-refractivity contribution in [1.82, 2.24) is 20.1 Å². The Morgan fingerprint density at radius 2 is 1.60 bits per heavy atom. The third-order valence-corrected chi connectivity index (χ3v) is 6.66. The molecule has 2 atom stereocenters. The van der Waals surface area contributed by atoms with Crippen LogP contribution in [0, 0.1) is 0 Å². The molecule has 0 aliphatic carbocycles. The summed E-state index contributed by atoms with van der Waals surface area (Å²) in [4.78, 5) is 13.0. The molecule has 1 heterocycles. The minimum atomic E-state index is -0.351. The molecule has 0 fully saturated rings. The van der Waals surface area contributed by atoms with E-state index in [0.29, 0.717) is 18.2 Å². The molecule has 0 aliphatic heterocycles. The molecule has 3 aromatic carbocycles. The Hall–Kier alpha value is -3.58. The summed E-state index contributed by atoms with van der Waals surface area (Å²) in [5, 5.41) is 12.4. The van der Waals surface area contributed by atoms with Gasteiger partial charge in [-0.2, -0.15) is 0 Å². The first kappa shape index (κ1) is 24.5. The standard InChI is InChI=1S/C28H30N4O2S/c1-4-34-25-17-15-24(16-18-25)32-26(19-22-11-7-5-8-12-22)30-31-28(32)35-21(3)27(33)29-20(2)23-13-9-6-10-14-23/h5-18,20-21H,4,19H2,1-3H3,(H,29,33). The van der Waals surface area contributed by atoms with Crippen LogP contribution < -0.4 is 10.1 Å². The lowest BCUT2D eigenvalue weighted by atomic mass is 10.1.